The van der Waals surface area contributed by atoms with Gasteiger partial charge in [-0.2, -0.15) is 4.98 Å². The maximum atomic E-state index is 5.57. The van der Waals surface area contributed by atoms with Crippen LogP contribution in [0.15, 0.2) is 24.4 Å². The van der Waals surface area contributed by atoms with Gasteiger partial charge in [-0.15, -0.1) is 0 Å². The van der Waals surface area contributed by atoms with Crippen LogP contribution < -0.4 is 5.73 Å². The number of fused-ring (bicyclic) bond motifs is 2. The summed E-state index contributed by atoms with van der Waals surface area (Å²) < 4.78 is 0. The quantitative estimate of drug-likeness (QED) is 0.595. The van der Waals surface area contributed by atoms with Crippen molar-refractivity contribution in [3.8, 4) is 0 Å². The Bertz CT molecular complexity index is 734. The van der Waals surface area contributed by atoms with Gasteiger partial charge in [0, 0.05) is 17.0 Å². The molecule has 3 rings (SSSR count). The van der Waals surface area contributed by atoms with E-state index in [9.17, 15) is 0 Å². The van der Waals surface area contributed by atoms with Crippen molar-refractivity contribution in [1.82, 2.24) is 15.0 Å². The third-order valence-electron chi connectivity index (χ3n) is 2.82. The van der Waals surface area contributed by atoms with E-state index >= 15 is 0 Å². The molecule has 0 spiro atoms. The Balaban J connectivity index is 2.48. The smallest absolute Gasteiger partial charge is 0.222 e. The van der Waals surface area contributed by atoms with Crippen LogP contribution >= 0.6 is 0 Å². The number of hydrogen-bond acceptors (Lipinski definition) is 4. The van der Waals surface area contributed by atoms with E-state index in [2.05, 4.69) is 47.0 Å². The normalized spacial score (nSPS) is 11.2. The van der Waals surface area contributed by atoms with Gasteiger partial charge in [0.2, 0.25) is 5.95 Å². The highest BCUT2D eigenvalue weighted by molar-refractivity contribution is 5.92. The number of pyridine rings is 1. The van der Waals surface area contributed by atoms with Crippen LogP contribution in [0.1, 0.15) is 11.1 Å². The maximum Gasteiger partial charge on any atom is 0.222 e. The highest BCUT2D eigenvalue weighted by Gasteiger charge is 2.05. The lowest BCUT2D eigenvalue weighted by atomic mass is 10.1. The van der Waals surface area contributed by atoms with Gasteiger partial charge in [-0.1, -0.05) is 11.6 Å². The predicted octanol–water partition coefficient (Wildman–Crippen LogP) is 2.38. The first-order chi connectivity index (χ1) is 8.13. The summed E-state index contributed by atoms with van der Waals surface area (Å²) in [6.07, 6.45) is 1.71. The molecule has 2 heterocycles. The van der Waals surface area contributed by atoms with Gasteiger partial charge in [-0.3, -0.25) is 0 Å². The number of nitrogen functional groups attached to an aromatic ring is 1. The number of benzene rings is 1. The van der Waals surface area contributed by atoms with Gasteiger partial charge in [0.25, 0.3) is 0 Å². The minimum atomic E-state index is 0.258. The monoisotopic (exact) mass is 224 g/mol. The van der Waals surface area contributed by atoms with Crippen LogP contribution in [0.25, 0.3) is 21.9 Å². The summed E-state index contributed by atoms with van der Waals surface area (Å²) in [5, 5.41) is 2.03. The predicted molar refractivity (Wildman–Crippen MR) is 68.7 cm³/mol. The highest BCUT2D eigenvalue weighted by atomic mass is 15.0. The van der Waals surface area contributed by atoms with Gasteiger partial charge in [-0.05, 0) is 31.5 Å². The lowest BCUT2D eigenvalue weighted by Crippen LogP contribution is -1.96. The largest absolute Gasteiger partial charge is 0.368 e. The molecular weight excluding hydrogens is 212 g/mol. The van der Waals surface area contributed by atoms with Crippen molar-refractivity contribution < 1.29 is 0 Å². The molecule has 0 amide bonds. The number of nitrogens with zero attached hydrogens (tertiary/aromatic N) is 3. The van der Waals surface area contributed by atoms with Gasteiger partial charge in [0.05, 0.1) is 5.52 Å². The lowest BCUT2D eigenvalue weighted by Gasteiger charge is -2.05. The maximum absolute atomic E-state index is 5.57. The Kier molecular flexibility index (Phi) is 1.98. The molecule has 0 radical (unpaired) electrons. The second-order valence-corrected chi connectivity index (χ2v) is 4.28. The molecule has 4 heteroatoms. The zero-order chi connectivity index (χ0) is 12.0. The van der Waals surface area contributed by atoms with Crippen molar-refractivity contribution in [2.45, 2.75) is 13.8 Å². The van der Waals surface area contributed by atoms with Crippen LogP contribution in [-0.4, -0.2) is 15.0 Å². The Morgan fingerprint density at radius 1 is 1.00 bits per heavy atom. The number of rotatable bonds is 0. The summed E-state index contributed by atoms with van der Waals surface area (Å²) in [5.74, 6) is 0.258. The molecule has 0 unspecified atom stereocenters. The summed E-state index contributed by atoms with van der Waals surface area (Å²) >= 11 is 0. The van der Waals surface area contributed by atoms with Crippen LogP contribution in [0.4, 0.5) is 5.95 Å². The summed E-state index contributed by atoms with van der Waals surface area (Å²) in [6, 6.07) is 6.29. The highest BCUT2D eigenvalue weighted by Crippen LogP contribution is 2.22. The van der Waals surface area contributed by atoms with E-state index in [1.807, 2.05) is 0 Å². The number of hydrogen-bond donors (Lipinski definition) is 1. The third-order valence-corrected chi connectivity index (χ3v) is 2.82. The SMILES string of the molecule is Cc1cc(C)c2nc3nc(N)ncc3cc2c1. The lowest BCUT2D eigenvalue weighted by molar-refractivity contribution is 1.21. The fraction of sp³-hybridized carbons (Fsp3) is 0.154. The fourth-order valence-electron chi connectivity index (χ4n) is 2.12. The van der Waals surface area contributed by atoms with Gasteiger partial charge < -0.3 is 5.73 Å². The standard InChI is InChI=1S/C13H12N4/c1-7-3-8(2)11-9(4-7)5-10-6-15-13(14)17-12(10)16-11/h3-6H,1-2H3,(H2,14,15,16,17). The summed E-state index contributed by atoms with van der Waals surface area (Å²) in [5.41, 5.74) is 9.57. The number of nitrogens with two attached hydrogens (primary N) is 1. The van der Waals surface area contributed by atoms with Crippen molar-refractivity contribution in [3.63, 3.8) is 0 Å². The van der Waals surface area contributed by atoms with Gasteiger partial charge in [-0.25, -0.2) is 9.97 Å². The third kappa shape index (κ3) is 1.58. The molecule has 0 bridgehead atoms. The van der Waals surface area contributed by atoms with Crippen molar-refractivity contribution in [2.24, 2.45) is 0 Å². The number of aromatic nitrogens is 3. The second-order valence-electron chi connectivity index (χ2n) is 4.28. The topological polar surface area (TPSA) is 64.7 Å². The average Bonchev–Trinajstić information content (AvgIpc) is 2.27. The Hall–Kier alpha value is -2.23. The molecule has 0 saturated heterocycles. The molecule has 0 aliphatic carbocycles. The molecule has 2 N–H and O–H groups in total. The molecule has 0 aliphatic rings. The summed E-state index contributed by atoms with van der Waals surface area (Å²) in [4.78, 5) is 12.7. The van der Waals surface area contributed by atoms with Crippen molar-refractivity contribution >= 4 is 27.9 Å². The fourth-order valence-corrected chi connectivity index (χ4v) is 2.12. The number of anilines is 1. The molecule has 4 nitrogen and oxygen atoms in total. The molecule has 1 aromatic carbocycles. The Morgan fingerprint density at radius 2 is 1.82 bits per heavy atom. The minimum absolute atomic E-state index is 0.258. The van der Waals surface area contributed by atoms with Crippen molar-refractivity contribution in [3.05, 3.63) is 35.5 Å². The van der Waals surface area contributed by atoms with E-state index in [1.54, 1.807) is 6.20 Å². The molecule has 0 atom stereocenters. The molecular formula is C13H12N4. The first-order valence-electron chi connectivity index (χ1n) is 5.44. The summed E-state index contributed by atoms with van der Waals surface area (Å²) in [7, 11) is 0. The summed E-state index contributed by atoms with van der Waals surface area (Å²) in [6.45, 7) is 4.13. The molecule has 0 fully saturated rings. The van der Waals surface area contributed by atoms with Gasteiger partial charge >= 0.3 is 0 Å². The van der Waals surface area contributed by atoms with Crippen LogP contribution in [0, 0.1) is 13.8 Å². The van der Waals surface area contributed by atoms with E-state index in [4.69, 9.17) is 5.73 Å². The number of aryl methyl sites for hydroxylation is 2. The molecule has 2 aromatic heterocycles. The molecule has 0 aliphatic heterocycles. The van der Waals surface area contributed by atoms with E-state index in [1.165, 1.54) is 5.56 Å². The zero-order valence-electron chi connectivity index (χ0n) is 9.73. The van der Waals surface area contributed by atoms with Gasteiger partial charge in [0.15, 0.2) is 5.65 Å². The minimum Gasteiger partial charge on any atom is -0.368 e. The van der Waals surface area contributed by atoms with E-state index < -0.39 is 0 Å². The van der Waals surface area contributed by atoms with E-state index in [0.29, 0.717) is 5.65 Å². The van der Waals surface area contributed by atoms with Crippen LogP contribution in [0.3, 0.4) is 0 Å². The van der Waals surface area contributed by atoms with E-state index in [-0.39, 0.29) is 5.95 Å². The van der Waals surface area contributed by atoms with Crippen molar-refractivity contribution in [2.75, 3.05) is 5.73 Å². The van der Waals surface area contributed by atoms with Crippen LogP contribution in [0.5, 0.6) is 0 Å². The van der Waals surface area contributed by atoms with Gasteiger partial charge in [0.1, 0.15) is 0 Å². The average molecular weight is 224 g/mol. The van der Waals surface area contributed by atoms with Crippen LogP contribution in [0.2, 0.25) is 0 Å². The Morgan fingerprint density at radius 3 is 2.65 bits per heavy atom. The molecule has 17 heavy (non-hydrogen) atoms. The van der Waals surface area contributed by atoms with E-state index in [0.717, 1.165) is 21.9 Å². The Labute approximate surface area is 98.5 Å². The second kappa shape index (κ2) is 3.38. The molecule has 0 saturated carbocycles. The molecule has 3 aromatic rings. The first kappa shape index (κ1) is 9.96. The van der Waals surface area contributed by atoms with Crippen LogP contribution in [-0.2, 0) is 0 Å². The van der Waals surface area contributed by atoms with Crippen molar-refractivity contribution in [1.29, 1.82) is 0 Å². The zero-order valence-corrected chi connectivity index (χ0v) is 9.73. The first-order valence-corrected chi connectivity index (χ1v) is 5.44. The molecule has 84 valence electrons.